The van der Waals surface area contributed by atoms with Crippen LogP contribution in [0.2, 0.25) is 0 Å². The van der Waals surface area contributed by atoms with Gasteiger partial charge in [0.15, 0.2) is 0 Å². The first-order valence-electron chi connectivity index (χ1n) is 5.65. The first kappa shape index (κ1) is 14.7. The third kappa shape index (κ3) is 7.85. The van der Waals surface area contributed by atoms with Crippen LogP contribution in [0.25, 0.3) is 0 Å². The Hall–Kier alpha value is -1.35. The molecule has 98 valence electrons. The van der Waals surface area contributed by atoms with Gasteiger partial charge in [0.05, 0.1) is 5.75 Å². The Morgan fingerprint density at radius 2 is 1.89 bits per heavy atom. The van der Waals surface area contributed by atoms with E-state index in [1.54, 1.807) is 0 Å². The number of hydrogen-bond acceptors (Lipinski definition) is 3. The van der Waals surface area contributed by atoms with Gasteiger partial charge in [-0.2, -0.15) is 8.42 Å². The molecule has 0 spiro atoms. The fourth-order valence-corrected chi connectivity index (χ4v) is 1.84. The highest BCUT2D eigenvalue weighted by atomic mass is 32.2. The molecule has 0 heterocycles. The van der Waals surface area contributed by atoms with Gasteiger partial charge in [-0.25, -0.2) is 0 Å². The minimum Gasteiger partial charge on any atom is -0.369 e. The molecule has 1 aromatic carbocycles. The molecule has 1 aromatic rings. The minimum absolute atomic E-state index is 0.216. The van der Waals surface area contributed by atoms with Crippen molar-refractivity contribution < 1.29 is 17.7 Å². The first-order chi connectivity index (χ1) is 8.58. The van der Waals surface area contributed by atoms with Crippen LogP contribution in [-0.4, -0.2) is 31.9 Å². The molecule has 4 nitrogen and oxygen atoms in total. The van der Waals surface area contributed by atoms with Gasteiger partial charge >= 0.3 is 0 Å². The topological polar surface area (TPSA) is 63.6 Å². The fourth-order valence-electron chi connectivity index (χ4n) is 1.27. The normalized spacial score (nSPS) is 10.7. The third-order valence-electron chi connectivity index (χ3n) is 2.12. The molecule has 0 aromatic heterocycles. The monoisotopic (exact) mass is 268 g/mol. The molecule has 0 aliphatic rings. The summed E-state index contributed by atoms with van der Waals surface area (Å²) in [5, 5.41) is 0. The maximum Gasteiger partial charge on any atom is 0.264 e. The molecule has 0 radical (unpaired) electrons. The Labute approximate surface area is 108 Å². The Bertz CT molecular complexity index is 497. The lowest BCUT2D eigenvalue weighted by molar-refractivity contribution is 0.163. The summed E-state index contributed by atoms with van der Waals surface area (Å²) in [5.41, 5.74) is 0.937. The highest BCUT2D eigenvalue weighted by Gasteiger charge is 2.02. The van der Waals surface area contributed by atoms with E-state index in [-0.39, 0.29) is 5.75 Å². The van der Waals surface area contributed by atoms with E-state index in [9.17, 15) is 8.42 Å². The quantitative estimate of drug-likeness (QED) is 0.485. The predicted octanol–water partition coefficient (Wildman–Crippen LogP) is 1.72. The molecule has 0 aliphatic heterocycles. The van der Waals surface area contributed by atoms with Gasteiger partial charge in [0.2, 0.25) is 0 Å². The molecule has 0 saturated carbocycles. The average Bonchev–Trinajstić information content (AvgIpc) is 2.32. The molecular weight excluding hydrogens is 252 g/mol. The summed E-state index contributed by atoms with van der Waals surface area (Å²) in [5.74, 6) is 5.60. The SMILES string of the molecule is O=S(=O)(O)CCCCOCC#Cc1ccccc1. The van der Waals surface area contributed by atoms with E-state index < -0.39 is 10.1 Å². The highest BCUT2D eigenvalue weighted by molar-refractivity contribution is 7.85. The van der Waals surface area contributed by atoms with Gasteiger partial charge in [-0.3, -0.25) is 4.55 Å². The number of hydrogen-bond donors (Lipinski definition) is 1. The van der Waals surface area contributed by atoms with Crippen molar-refractivity contribution in [3.05, 3.63) is 35.9 Å². The van der Waals surface area contributed by atoms with Crippen LogP contribution in [0.15, 0.2) is 30.3 Å². The molecule has 0 bridgehead atoms. The molecule has 0 atom stereocenters. The van der Waals surface area contributed by atoms with Crippen LogP contribution in [-0.2, 0) is 14.9 Å². The van der Waals surface area contributed by atoms with E-state index in [4.69, 9.17) is 9.29 Å². The zero-order valence-corrected chi connectivity index (χ0v) is 10.8. The molecule has 1 rings (SSSR count). The average molecular weight is 268 g/mol. The lowest BCUT2D eigenvalue weighted by Gasteiger charge is -1.99. The summed E-state index contributed by atoms with van der Waals surface area (Å²) in [6, 6.07) is 9.59. The molecule has 1 N–H and O–H groups in total. The van der Waals surface area contributed by atoms with Gasteiger partial charge in [0.1, 0.15) is 6.61 Å². The van der Waals surface area contributed by atoms with Crippen LogP contribution >= 0.6 is 0 Å². The van der Waals surface area contributed by atoms with E-state index in [1.807, 2.05) is 30.3 Å². The smallest absolute Gasteiger partial charge is 0.264 e. The van der Waals surface area contributed by atoms with E-state index >= 15 is 0 Å². The Balaban J connectivity index is 2.08. The van der Waals surface area contributed by atoms with E-state index in [1.165, 1.54) is 0 Å². The van der Waals surface area contributed by atoms with Crippen LogP contribution in [0.1, 0.15) is 18.4 Å². The molecule has 0 amide bonds. The largest absolute Gasteiger partial charge is 0.369 e. The van der Waals surface area contributed by atoms with Crippen molar-refractivity contribution in [3.8, 4) is 11.8 Å². The molecule has 0 unspecified atom stereocenters. The summed E-state index contributed by atoms with van der Waals surface area (Å²) in [6.45, 7) is 0.764. The summed E-state index contributed by atoms with van der Waals surface area (Å²) < 4.78 is 34.5. The van der Waals surface area contributed by atoms with Crippen LogP contribution in [0.3, 0.4) is 0 Å². The second kappa shape index (κ2) is 7.88. The van der Waals surface area contributed by atoms with Crippen LogP contribution in [0.5, 0.6) is 0 Å². The number of unbranched alkanes of at least 4 members (excludes halogenated alkanes) is 1. The standard InChI is InChI=1S/C13H16O4S/c14-18(15,16)12-5-4-10-17-11-6-9-13-7-2-1-3-8-13/h1-3,7-8H,4-5,10-12H2,(H,14,15,16). The molecule has 18 heavy (non-hydrogen) atoms. The second-order valence-electron chi connectivity index (χ2n) is 3.71. The predicted molar refractivity (Wildman–Crippen MR) is 69.8 cm³/mol. The molecule has 0 fully saturated rings. The van der Waals surface area contributed by atoms with Gasteiger partial charge in [-0.1, -0.05) is 30.0 Å². The van der Waals surface area contributed by atoms with Gasteiger partial charge in [0.25, 0.3) is 10.1 Å². The zero-order chi connectivity index (χ0) is 13.3. The zero-order valence-electron chi connectivity index (χ0n) is 10.0. The number of ether oxygens (including phenoxy) is 1. The highest BCUT2D eigenvalue weighted by Crippen LogP contribution is 1.96. The van der Waals surface area contributed by atoms with Crippen LogP contribution < -0.4 is 0 Å². The maximum absolute atomic E-state index is 10.4. The number of rotatable bonds is 6. The van der Waals surface area contributed by atoms with Crippen LogP contribution in [0, 0.1) is 11.8 Å². The molecule has 5 heteroatoms. The van der Waals surface area contributed by atoms with Crippen molar-refractivity contribution in [2.24, 2.45) is 0 Å². The van der Waals surface area contributed by atoms with Gasteiger partial charge in [-0.15, -0.1) is 0 Å². The van der Waals surface area contributed by atoms with Gasteiger partial charge < -0.3 is 4.74 Å². The van der Waals surface area contributed by atoms with Crippen molar-refractivity contribution >= 4 is 10.1 Å². The first-order valence-corrected chi connectivity index (χ1v) is 7.26. The van der Waals surface area contributed by atoms with Gasteiger partial charge in [0, 0.05) is 12.2 Å². The second-order valence-corrected chi connectivity index (χ2v) is 5.29. The third-order valence-corrected chi connectivity index (χ3v) is 2.93. The fraction of sp³-hybridized carbons (Fsp3) is 0.385. The summed E-state index contributed by atoms with van der Waals surface area (Å²) in [6.07, 6.45) is 0.984. The Morgan fingerprint density at radius 1 is 1.17 bits per heavy atom. The van der Waals surface area contributed by atoms with Crippen LogP contribution in [0.4, 0.5) is 0 Å². The van der Waals surface area contributed by atoms with Crippen molar-refractivity contribution in [2.45, 2.75) is 12.8 Å². The molecular formula is C13H16O4S. The lowest BCUT2D eigenvalue weighted by Crippen LogP contribution is -2.05. The summed E-state index contributed by atoms with van der Waals surface area (Å²) in [4.78, 5) is 0. The molecule has 0 saturated heterocycles. The lowest BCUT2D eigenvalue weighted by atomic mass is 10.2. The van der Waals surface area contributed by atoms with Crippen molar-refractivity contribution in [3.63, 3.8) is 0 Å². The summed E-state index contributed by atoms with van der Waals surface area (Å²) in [7, 11) is -3.84. The number of benzene rings is 1. The van der Waals surface area contributed by atoms with Gasteiger partial charge in [-0.05, 0) is 25.0 Å². The van der Waals surface area contributed by atoms with Crippen molar-refractivity contribution in [1.82, 2.24) is 0 Å². The summed E-state index contributed by atoms with van der Waals surface area (Å²) >= 11 is 0. The van der Waals surface area contributed by atoms with E-state index in [0.717, 1.165) is 5.56 Å². The Morgan fingerprint density at radius 3 is 2.56 bits per heavy atom. The van der Waals surface area contributed by atoms with E-state index in [0.29, 0.717) is 26.1 Å². The van der Waals surface area contributed by atoms with E-state index in [2.05, 4.69) is 11.8 Å². The minimum atomic E-state index is -3.84. The molecule has 0 aliphatic carbocycles. The Kier molecular flexibility index (Phi) is 6.44. The van der Waals surface area contributed by atoms with Crippen molar-refractivity contribution in [1.29, 1.82) is 0 Å². The van der Waals surface area contributed by atoms with Crippen molar-refractivity contribution in [2.75, 3.05) is 19.0 Å². The maximum atomic E-state index is 10.4.